The van der Waals surface area contributed by atoms with Crippen molar-refractivity contribution >= 4 is 17.7 Å². The molecule has 0 aliphatic heterocycles. The average molecular weight is 209 g/mol. The summed E-state index contributed by atoms with van der Waals surface area (Å²) in [5, 5.41) is 16.7. The summed E-state index contributed by atoms with van der Waals surface area (Å²) in [4.78, 5) is 10.8. The van der Waals surface area contributed by atoms with Gasteiger partial charge < -0.3 is 20.7 Å². The quantitative estimate of drug-likeness (QED) is 0.281. The molecule has 0 aliphatic rings. The SMILES string of the molecule is N[C@@H](CSCCCO)C(=O)OCO. The first-order chi connectivity index (χ1) is 6.22. The number of rotatable bonds is 7. The maximum absolute atomic E-state index is 10.8. The van der Waals surface area contributed by atoms with Gasteiger partial charge in [-0.1, -0.05) is 0 Å². The summed E-state index contributed by atoms with van der Waals surface area (Å²) in [6.07, 6.45) is 0.687. The van der Waals surface area contributed by atoms with Crippen LogP contribution in [0.15, 0.2) is 0 Å². The van der Waals surface area contributed by atoms with Gasteiger partial charge in [-0.2, -0.15) is 11.8 Å². The lowest BCUT2D eigenvalue weighted by Crippen LogP contribution is -2.34. The van der Waals surface area contributed by atoms with E-state index in [0.717, 1.165) is 5.75 Å². The number of ether oxygens (including phenoxy) is 1. The molecule has 0 bridgehead atoms. The van der Waals surface area contributed by atoms with Crippen LogP contribution < -0.4 is 5.73 Å². The smallest absolute Gasteiger partial charge is 0.325 e. The van der Waals surface area contributed by atoms with Crippen LogP contribution >= 0.6 is 11.8 Å². The maximum atomic E-state index is 10.8. The topological polar surface area (TPSA) is 92.8 Å². The van der Waals surface area contributed by atoms with E-state index in [1.165, 1.54) is 11.8 Å². The number of aliphatic hydroxyl groups excluding tert-OH is 2. The first-order valence-corrected chi connectivity index (χ1v) is 5.09. The predicted molar refractivity (Wildman–Crippen MR) is 50.2 cm³/mol. The normalized spacial score (nSPS) is 12.5. The van der Waals surface area contributed by atoms with Crippen molar-refractivity contribution in [3.05, 3.63) is 0 Å². The number of aliphatic hydroxyl groups is 2. The van der Waals surface area contributed by atoms with Crippen molar-refractivity contribution in [3.8, 4) is 0 Å². The van der Waals surface area contributed by atoms with Crippen LogP contribution in [-0.2, 0) is 9.53 Å². The standard InChI is InChI=1S/C7H15NO4S/c8-6(7(11)12-5-10)4-13-3-1-2-9/h6,9-10H,1-5,8H2/t6-/m0/s1. The zero-order valence-electron chi connectivity index (χ0n) is 7.31. The van der Waals surface area contributed by atoms with Gasteiger partial charge in [0.15, 0.2) is 6.79 Å². The molecule has 4 N–H and O–H groups in total. The molecule has 0 amide bonds. The van der Waals surface area contributed by atoms with Crippen molar-refractivity contribution in [2.24, 2.45) is 5.73 Å². The Morgan fingerprint density at radius 1 is 1.54 bits per heavy atom. The minimum absolute atomic E-state index is 0.142. The van der Waals surface area contributed by atoms with E-state index < -0.39 is 18.8 Å². The van der Waals surface area contributed by atoms with E-state index in [2.05, 4.69) is 4.74 Å². The van der Waals surface area contributed by atoms with Crippen LogP contribution in [0.2, 0.25) is 0 Å². The van der Waals surface area contributed by atoms with Gasteiger partial charge in [-0.05, 0) is 12.2 Å². The molecule has 0 radical (unpaired) electrons. The average Bonchev–Trinajstić information content (AvgIpc) is 2.12. The van der Waals surface area contributed by atoms with Crippen LogP contribution in [0.1, 0.15) is 6.42 Å². The molecule has 1 atom stereocenters. The van der Waals surface area contributed by atoms with Gasteiger partial charge in [-0.25, -0.2) is 0 Å². The van der Waals surface area contributed by atoms with Gasteiger partial charge >= 0.3 is 5.97 Å². The lowest BCUT2D eigenvalue weighted by Gasteiger charge is -2.08. The number of nitrogens with two attached hydrogens (primary N) is 1. The molecule has 6 heteroatoms. The van der Waals surface area contributed by atoms with Crippen LogP contribution in [0.3, 0.4) is 0 Å². The van der Waals surface area contributed by atoms with Gasteiger partial charge in [0.1, 0.15) is 6.04 Å². The Kier molecular flexibility index (Phi) is 8.11. The van der Waals surface area contributed by atoms with E-state index in [9.17, 15) is 4.79 Å². The summed E-state index contributed by atoms with van der Waals surface area (Å²) in [5.74, 6) is 0.606. The van der Waals surface area contributed by atoms with Gasteiger partial charge in [0, 0.05) is 12.4 Å². The Balaban J connectivity index is 3.38. The van der Waals surface area contributed by atoms with Crippen molar-refractivity contribution < 1.29 is 19.7 Å². The monoisotopic (exact) mass is 209 g/mol. The third-order valence-electron chi connectivity index (χ3n) is 1.25. The summed E-state index contributed by atoms with van der Waals surface area (Å²) in [7, 11) is 0. The van der Waals surface area contributed by atoms with E-state index in [-0.39, 0.29) is 6.61 Å². The molecule has 0 heterocycles. The van der Waals surface area contributed by atoms with E-state index in [1.54, 1.807) is 0 Å². The van der Waals surface area contributed by atoms with E-state index >= 15 is 0 Å². The van der Waals surface area contributed by atoms with Crippen molar-refractivity contribution in [3.63, 3.8) is 0 Å². The Labute approximate surface area is 81.3 Å². The van der Waals surface area contributed by atoms with Gasteiger partial charge in [-0.3, -0.25) is 4.79 Å². The highest BCUT2D eigenvalue weighted by molar-refractivity contribution is 7.99. The Hall–Kier alpha value is -0.300. The van der Waals surface area contributed by atoms with Crippen LogP contribution in [0.25, 0.3) is 0 Å². The molecule has 13 heavy (non-hydrogen) atoms. The third kappa shape index (κ3) is 6.83. The fourth-order valence-corrected chi connectivity index (χ4v) is 1.51. The molecule has 0 saturated heterocycles. The highest BCUT2D eigenvalue weighted by Crippen LogP contribution is 2.04. The molecular formula is C7H15NO4S. The van der Waals surface area contributed by atoms with Gasteiger partial charge in [-0.15, -0.1) is 0 Å². The van der Waals surface area contributed by atoms with E-state index in [0.29, 0.717) is 12.2 Å². The lowest BCUT2D eigenvalue weighted by atomic mass is 10.4. The molecule has 78 valence electrons. The van der Waals surface area contributed by atoms with Crippen molar-refractivity contribution in [2.75, 3.05) is 24.9 Å². The summed E-state index contributed by atoms with van der Waals surface area (Å²) < 4.78 is 4.29. The van der Waals surface area contributed by atoms with Crippen molar-refractivity contribution in [1.29, 1.82) is 0 Å². The Morgan fingerprint density at radius 3 is 2.77 bits per heavy atom. The molecule has 5 nitrogen and oxygen atoms in total. The molecule has 0 aromatic carbocycles. The van der Waals surface area contributed by atoms with E-state index in [4.69, 9.17) is 15.9 Å². The highest BCUT2D eigenvalue weighted by Gasteiger charge is 2.13. The number of carbonyl (C=O) groups excluding carboxylic acids is 1. The first kappa shape index (κ1) is 12.7. The minimum Gasteiger partial charge on any atom is -0.438 e. The largest absolute Gasteiger partial charge is 0.438 e. The molecule has 0 saturated carbocycles. The van der Waals surface area contributed by atoms with Crippen molar-refractivity contribution in [2.45, 2.75) is 12.5 Å². The molecule has 0 rings (SSSR count). The van der Waals surface area contributed by atoms with Crippen LogP contribution in [0.4, 0.5) is 0 Å². The Morgan fingerprint density at radius 2 is 2.23 bits per heavy atom. The fraction of sp³-hybridized carbons (Fsp3) is 0.857. The number of thioether (sulfide) groups is 1. The second-order valence-electron chi connectivity index (χ2n) is 2.35. The summed E-state index contributed by atoms with van der Waals surface area (Å²) >= 11 is 1.47. The van der Waals surface area contributed by atoms with Crippen LogP contribution in [-0.4, -0.2) is 47.1 Å². The predicted octanol–water partition coefficient (Wildman–Crippen LogP) is -1.08. The third-order valence-corrected chi connectivity index (χ3v) is 2.43. The molecule has 0 aromatic rings. The molecule has 0 fully saturated rings. The minimum atomic E-state index is -0.698. The zero-order chi connectivity index (χ0) is 10.1. The van der Waals surface area contributed by atoms with Gasteiger partial charge in [0.2, 0.25) is 0 Å². The zero-order valence-corrected chi connectivity index (χ0v) is 8.13. The molecule has 0 unspecified atom stereocenters. The molecular weight excluding hydrogens is 194 g/mol. The summed E-state index contributed by atoms with van der Waals surface area (Å²) in [6, 6.07) is -0.698. The Bertz CT molecular complexity index is 144. The van der Waals surface area contributed by atoms with Gasteiger partial charge in [0.25, 0.3) is 0 Å². The second kappa shape index (κ2) is 8.31. The first-order valence-electron chi connectivity index (χ1n) is 3.94. The van der Waals surface area contributed by atoms with Crippen LogP contribution in [0.5, 0.6) is 0 Å². The lowest BCUT2D eigenvalue weighted by molar-refractivity contribution is -0.152. The number of carbonyl (C=O) groups is 1. The molecule has 0 spiro atoms. The van der Waals surface area contributed by atoms with Crippen molar-refractivity contribution in [1.82, 2.24) is 0 Å². The second-order valence-corrected chi connectivity index (χ2v) is 3.50. The summed E-state index contributed by atoms with van der Waals surface area (Å²) in [6.45, 7) is -0.489. The molecule has 0 aromatic heterocycles. The summed E-state index contributed by atoms with van der Waals surface area (Å²) in [5.41, 5.74) is 5.42. The highest BCUT2D eigenvalue weighted by atomic mass is 32.2. The van der Waals surface area contributed by atoms with Crippen LogP contribution in [0, 0.1) is 0 Å². The number of hydrogen-bond donors (Lipinski definition) is 3. The van der Waals surface area contributed by atoms with E-state index in [1.807, 2.05) is 0 Å². The van der Waals surface area contributed by atoms with Gasteiger partial charge in [0.05, 0.1) is 0 Å². The number of esters is 1. The molecule has 0 aliphatic carbocycles. The maximum Gasteiger partial charge on any atom is 0.325 e. The number of hydrogen-bond acceptors (Lipinski definition) is 6. The fourth-order valence-electron chi connectivity index (χ4n) is 0.616.